The molecule has 4 heteroatoms. The third-order valence-electron chi connectivity index (χ3n) is 2.93. The number of urea groups is 1. The highest BCUT2D eigenvalue weighted by Gasteiger charge is 2.07. The number of carbonyl (C=O) groups excluding carboxylic acids is 1. The number of benzene rings is 1. The molecule has 2 atom stereocenters. The lowest BCUT2D eigenvalue weighted by Gasteiger charge is -2.14. The number of amides is 2. The van der Waals surface area contributed by atoms with Crippen LogP contribution in [0.5, 0.6) is 0 Å². The Morgan fingerprint density at radius 1 is 1.21 bits per heavy atom. The van der Waals surface area contributed by atoms with Gasteiger partial charge in [-0.3, -0.25) is 0 Å². The van der Waals surface area contributed by atoms with Crippen LogP contribution in [-0.2, 0) is 6.54 Å². The summed E-state index contributed by atoms with van der Waals surface area (Å²) in [4.78, 5) is 11.6. The molecule has 2 unspecified atom stereocenters. The monoisotopic (exact) mass is 264 g/mol. The van der Waals surface area contributed by atoms with Crippen molar-refractivity contribution in [1.29, 1.82) is 0 Å². The van der Waals surface area contributed by atoms with Gasteiger partial charge in [0.1, 0.15) is 0 Å². The summed E-state index contributed by atoms with van der Waals surface area (Å²) in [6, 6.07) is 7.90. The van der Waals surface area contributed by atoms with E-state index in [4.69, 9.17) is 0 Å². The highest BCUT2D eigenvalue weighted by Crippen LogP contribution is 2.04. The van der Waals surface area contributed by atoms with Crippen LogP contribution in [0, 0.1) is 12.8 Å². The maximum Gasteiger partial charge on any atom is 0.315 e. The Morgan fingerprint density at radius 3 is 2.42 bits per heavy atom. The molecule has 0 aromatic heterocycles. The minimum atomic E-state index is -0.326. The highest BCUT2D eigenvalue weighted by atomic mass is 16.3. The predicted molar refractivity (Wildman–Crippen MR) is 76.9 cm³/mol. The molecule has 0 aliphatic rings. The number of nitrogens with one attached hydrogen (secondary N) is 2. The molecule has 0 radical (unpaired) electrons. The van der Waals surface area contributed by atoms with Crippen molar-refractivity contribution in [3.63, 3.8) is 0 Å². The molecule has 1 aromatic rings. The number of aliphatic hydroxyl groups is 1. The second-order valence-electron chi connectivity index (χ2n) is 5.24. The third kappa shape index (κ3) is 6.82. The summed E-state index contributed by atoms with van der Waals surface area (Å²) in [5.41, 5.74) is 2.29. The lowest BCUT2D eigenvalue weighted by atomic mass is 10.1. The first-order chi connectivity index (χ1) is 8.97. The number of aliphatic hydroxyl groups excluding tert-OH is 1. The molecule has 0 spiro atoms. The molecule has 3 N–H and O–H groups in total. The van der Waals surface area contributed by atoms with Gasteiger partial charge < -0.3 is 15.7 Å². The number of hydrogen-bond acceptors (Lipinski definition) is 2. The molecule has 4 nitrogen and oxygen atoms in total. The lowest BCUT2D eigenvalue weighted by molar-refractivity contribution is 0.163. The van der Waals surface area contributed by atoms with Gasteiger partial charge >= 0.3 is 6.03 Å². The summed E-state index contributed by atoms with van der Waals surface area (Å²) >= 11 is 0. The van der Waals surface area contributed by atoms with Gasteiger partial charge in [0, 0.05) is 13.1 Å². The van der Waals surface area contributed by atoms with Gasteiger partial charge in [0.25, 0.3) is 0 Å². The fourth-order valence-corrected chi connectivity index (χ4v) is 1.88. The Morgan fingerprint density at radius 2 is 1.84 bits per heavy atom. The Bertz CT molecular complexity index is 388. The van der Waals surface area contributed by atoms with Crippen molar-refractivity contribution in [2.45, 2.75) is 39.8 Å². The molecule has 0 aliphatic carbocycles. The minimum Gasteiger partial charge on any atom is -0.393 e. The largest absolute Gasteiger partial charge is 0.393 e. The molecule has 106 valence electrons. The second kappa shape index (κ2) is 7.79. The zero-order valence-electron chi connectivity index (χ0n) is 11.9. The van der Waals surface area contributed by atoms with Gasteiger partial charge in [-0.2, -0.15) is 0 Å². The number of aryl methyl sites for hydroxylation is 1. The van der Waals surface area contributed by atoms with Crippen LogP contribution in [0.1, 0.15) is 31.4 Å². The summed E-state index contributed by atoms with van der Waals surface area (Å²) in [5, 5.41) is 14.9. The Labute approximate surface area is 115 Å². The summed E-state index contributed by atoms with van der Waals surface area (Å²) in [7, 11) is 0. The molecule has 0 saturated heterocycles. The zero-order chi connectivity index (χ0) is 14.3. The fourth-order valence-electron chi connectivity index (χ4n) is 1.88. The van der Waals surface area contributed by atoms with E-state index in [9.17, 15) is 9.90 Å². The third-order valence-corrected chi connectivity index (χ3v) is 2.93. The quantitative estimate of drug-likeness (QED) is 0.737. The topological polar surface area (TPSA) is 61.4 Å². The molecule has 0 bridgehead atoms. The van der Waals surface area contributed by atoms with E-state index in [0.29, 0.717) is 19.5 Å². The first-order valence-electron chi connectivity index (χ1n) is 6.72. The Balaban J connectivity index is 2.22. The number of hydrogen-bond donors (Lipinski definition) is 3. The van der Waals surface area contributed by atoms with E-state index in [1.807, 2.05) is 38.1 Å². The van der Waals surface area contributed by atoms with Gasteiger partial charge in [-0.15, -0.1) is 0 Å². The summed E-state index contributed by atoms with van der Waals surface area (Å²) in [5.74, 6) is 0.269. The van der Waals surface area contributed by atoms with E-state index in [1.54, 1.807) is 6.92 Å². The maximum absolute atomic E-state index is 11.6. The molecule has 0 aliphatic heterocycles. The Kier molecular flexibility index (Phi) is 6.36. The van der Waals surface area contributed by atoms with Crippen LogP contribution >= 0.6 is 0 Å². The van der Waals surface area contributed by atoms with Gasteiger partial charge in [-0.25, -0.2) is 4.79 Å². The molecular formula is C15H24N2O2. The van der Waals surface area contributed by atoms with E-state index in [2.05, 4.69) is 10.6 Å². The normalized spacial score (nSPS) is 13.7. The SMILES string of the molecule is Cc1ccc(CNC(=O)NCC(C)CC(C)O)cc1. The Hall–Kier alpha value is -1.55. The van der Waals surface area contributed by atoms with Crippen molar-refractivity contribution in [3.8, 4) is 0 Å². The molecular weight excluding hydrogens is 240 g/mol. The average molecular weight is 264 g/mol. The first-order valence-corrected chi connectivity index (χ1v) is 6.72. The van der Waals surface area contributed by atoms with Gasteiger partial charge in [-0.1, -0.05) is 36.8 Å². The highest BCUT2D eigenvalue weighted by molar-refractivity contribution is 5.73. The minimum absolute atomic E-state index is 0.169. The van der Waals surface area contributed by atoms with Gasteiger partial charge in [0.15, 0.2) is 0 Å². The summed E-state index contributed by atoms with van der Waals surface area (Å²) < 4.78 is 0. The van der Waals surface area contributed by atoms with Gasteiger partial charge in [0.05, 0.1) is 6.10 Å². The summed E-state index contributed by atoms with van der Waals surface area (Å²) in [6.45, 7) is 6.90. The van der Waals surface area contributed by atoms with Crippen LogP contribution in [0.2, 0.25) is 0 Å². The van der Waals surface area contributed by atoms with Crippen LogP contribution < -0.4 is 10.6 Å². The second-order valence-corrected chi connectivity index (χ2v) is 5.24. The predicted octanol–water partition coefficient (Wildman–Crippen LogP) is 2.20. The van der Waals surface area contributed by atoms with Gasteiger partial charge in [0.2, 0.25) is 0 Å². The van der Waals surface area contributed by atoms with Crippen molar-refractivity contribution in [3.05, 3.63) is 35.4 Å². The van der Waals surface area contributed by atoms with E-state index in [0.717, 1.165) is 5.56 Å². The molecule has 0 heterocycles. The maximum atomic E-state index is 11.6. The van der Waals surface area contributed by atoms with Crippen LogP contribution in [0.4, 0.5) is 4.79 Å². The standard InChI is InChI=1S/C15H24N2O2/c1-11-4-6-14(7-5-11)10-17-15(19)16-9-12(2)8-13(3)18/h4-7,12-13,18H,8-10H2,1-3H3,(H2,16,17,19). The lowest BCUT2D eigenvalue weighted by Crippen LogP contribution is -2.37. The number of rotatable bonds is 6. The molecule has 19 heavy (non-hydrogen) atoms. The van der Waals surface area contributed by atoms with E-state index >= 15 is 0 Å². The molecule has 1 aromatic carbocycles. The average Bonchev–Trinajstić information content (AvgIpc) is 2.35. The van der Waals surface area contributed by atoms with E-state index in [-0.39, 0.29) is 18.1 Å². The van der Waals surface area contributed by atoms with Crippen molar-refractivity contribution in [1.82, 2.24) is 10.6 Å². The van der Waals surface area contributed by atoms with E-state index < -0.39 is 0 Å². The van der Waals surface area contributed by atoms with Crippen molar-refractivity contribution < 1.29 is 9.90 Å². The van der Waals surface area contributed by atoms with Crippen LogP contribution in [-0.4, -0.2) is 23.8 Å². The first kappa shape index (κ1) is 15.5. The molecule has 2 amide bonds. The van der Waals surface area contributed by atoms with Crippen molar-refractivity contribution >= 4 is 6.03 Å². The smallest absolute Gasteiger partial charge is 0.315 e. The molecule has 1 rings (SSSR count). The number of carbonyl (C=O) groups is 1. The van der Waals surface area contributed by atoms with Crippen LogP contribution in [0.15, 0.2) is 24.3 Å². The summed E-state index contributed by atoms with van der Waals surface area (Å²) in [6.07, 6.45) is 0.366. The van der Waals surface area contributed by atoms with E-state index in [1.165, 1.54) is 5.56 Å². The zero-order valence-corrected chi connectivity index (χ0v) is 11.9. The van der Waals surface area contributed by atoms with Crippen molar-refractivity contribution in [2.75, 3.05) is 6.54 Å². The fraction of sp³-hybridized carbons (Fsp3) is 0.533. The molecule has 0 saturated carbocycles. The van der Waals surface area contributed by atoms with Crippen molar-refractivity contribution in [2.24, 2.45) is 5.92 Å². The van der Waals surface area contributed by atoms with Gasteiger partial charge in [-0.05, 0) is 31.7 Å². The van der Waals surface area contributed by atoms with Crippen LogP contribution in [0.3, 0.4) is 0 Å². The molecule has 0 fully saturated rings. The van der Waals surface area contributed by atoms with Crippen LogP contribution in [0.25, 0.3) is 0 Å².